The van der Waals surface area contributed by atoms with Gasteiger partial charge in [-0.1, -0.05) is 30.7 Å². The maximum absolute atomic E-state index is 13.4. The van der Waals surface area contributed by atoms with Crippen LogP contribution in [0.25, 0.3) is 0 Å². The largest absolute Gasteiger partial charge is 0.495 e. The van der Waals surface area contributed by atoms with Crippen molar-refractivity contribution in [3.63, 3.8) is 0 Å². The standard InChI is InChI=1S/C26H35ClFN3O5S/c1-6-23(26(33)29-18(2)3)30(17-19-9-11-20(28)12-10-19)25(32)8-7-15-31(37(5,34)35)21-13-14-24(36-4)22(27)16-21/h9-14,16,18,23H,6-8,15,17H2,1-5H3,(H,29,33)/t23-/m0/s1. The lowest BCUT2D eigenvalue weighted by Gasteiger charge is -2.31. The van der Waals surface area contributed by atoms with E-state index in [-0.39, 0.29) is 48.8 Å². The number of carbonyl (C=O) groups is 2. The van der Waals surface area contributed by atoms with Crippen LogP contribution < -0.4 is 14.4 Å². The van der Waals surface area contributed by atoms with E-state index in [0.29, 0.717) is 23.4 Å². The number of rotatable bonds is 13. The van der Waals surface area contributed by atoms with Crippen molar-refractivity contribution < 1.29 is 27.1 Å². The van der Waals surface area contributed by atoms with Crippen molar-refractivity contribution in [3.05, 3.63) is 58.9 Å². The molecule has 204 valence electrons. The minimum Gasteiger partial charge on any atom is -0.495 e. The molecule has 0 fully saturated rings. The number of carbonyl (C=O) groups excluding carboxylic acids is 2. The number of benzene rings is 2. The summed E-state index contributed by atoms with van der Waals surface area (Å²) in [4.78, 5) is 27.7. The first kappa shape index (κ1) is 30.4. The molecule has 0 aliphatic heterocycles. The van der Waals surface area contributed by atoms with E-state index in [1.165, 1.54) is 34.5 Å². The van der Waals surface area contributed by atoms with Gasteiger partial charge >= 0.3 is 0 Å². The summed E-state index contributed by atoms with van der Waals surface area (Å²) < 4.78 is 44.7. The quantitative estimate of drug-likeness (QED) is 0.396. The average Bonchev–Trinajstić information content (AvgIpc) is 2.81. The van der Waals surface area contributed by atoms with E-state index in [4.69, 9.17) is 16.3 Å². The molecule has 2 amide bonds. The van der Waals surface area contributed by atoms with Gasteiger partial charge in [0.05, 0.1) is 24.1 Å². The fourth-order valence-corrected chi connectivity index (χ4v) is 5.11. The predicted octanol–water partition coefficient (Wildman–Crippen LogP) is 4.37. The Morgan fingerprint density at radius 2 is 1.78 bits per heavy atom. The number of nitrogens with one attached hydrogen (secondary N) is 1. The molecule has 37 heavy (non-hydrogen) atoms. The molecule has 0 spiro atoms. The van der Waals surface area contributed by atoms with Crippen molar-refractivity contribution in [3.8, 4) is 5.75 Å². The number of ether oxygens (including phenoxy) is 1. The van der Waals surface area contributed by atoms with Gasteiger partial charge in [0.2, 0.25) is 21.8 Å². The Morgan fingerprint density at radius 3 is 2.30 bits per heavy atom. The second kappa shape index (κ2) is 13.6. The van der Waals surface area contributed by atoms with Crippen molar-refractivity contribution in [1.29, 1.82) is 0 Å². The van der Waals surface area contributed by atoms with Crippen LogP contribution in [0.4, 0.5) is 10.1 Å². The number of nitrogens with zero attached hydrogens (tertiary/aromatic N) is 2. The van der Waals surface area contributed by atoms with E-state index in [9.17, 15) is 22.4 Å². The van der Waals surface area contributed by atoms with Crippen LogP contribution in [0.1, 0.15) is 45.6 Å². The molecule has 0 bridgehead atoms. The smallest absolute Gasteiger partial charge is 0.243 e. The predicted molar refractivity (Wildman–Crippen MR) is 144 cm³/mol. The van der Waals surface area contributed by atoms with Crippen molar-refractivity contribution in [2.45, 2.75) is 58.7 Å². The molecule has 1 N–H and O–H groups in total. The van der Waals surface area contributed by atoms with E-state index in [1.807, 2.05) is 20.8 Å². The molecule has 0 saturated carbocycles. The Labute approximate surface area is 223 Å². The van der Waals surface area contributed by atoms with Gasteiger partial charge in [0, 0.05) is 25.6 Å². The van der Waals surface area contributed by atoms with Crippen molar-refractivity contribution in [2.75, 3.05) is 24.2 Å². The summed E-state index contributed by atoms with van der Waals surface area (Å²) in [5, 5.41) is 3.11. The van der Waals surface area contributed by atoms with Gasteiger partial charge in [-0.05, 0) is 62.6 Å². The van der Waals surface area contributed by atoms with Crippen LogP contribution in [0.5, 0.6) is 5.75 Å². The van der Waals surface area contributed by atoms with Crippen LogP contribution in [0, 0.1) is 5.82 Å². The Kier molecular flexibility index (Phi) is 11.2. The normalized spacial score (nSPS) is 12.2. The van der Waals surface area contributed by atoms with E-state index in [1.54, 1.807) is 24.3 Å². The molecule has 0 heterocycles. The van der Waals surface area contributed by atoms with Gasteiger partial charge in [-0.3, -0.25) is 13.9 Å². The number of anilines is 1. The first-order chi connectivity index (χ1) is 17.4. The molecular weight excluding hydrogens is 521 g/mol. The second-order valence-electron chi connectivity index (χ2n) is 8.99. The van der Waals surface area contributed by atoms with Crippen LogP contribution in [0.15, 0.2) is 42.5 Å². The first-order valence-electron chi connectivity index (χ1n) is 12.0. The van der Waals surface area contributed by atoms with Gasteiger partial charge in [-0.25, -0.2) is 12.8 Å². The SMILES string of the molecule is CC[C@@H](C(=O)NC(C)C)N(Cc1ccc(F)cc1)C(=O)CCCN(c1ccc(OC)c(Cl)c1)S(C)(=O)=O. The van der Waals surface area contributed by atoms with Crippen LogP contribution in [0.2, 0.25) is 5.02 Å². The monoisotopic (exact) mass is 555 g/mol. The lowest BCUT2D eigenvalue weighted by molar-refractivity contribution is -0.141. The Balaban J connectivity index is 2.23. The highest BCUT2D eigenvalue weighted by Gasteiger charge is 2.29. The molecule has 0 saturated heterocycles. The number of halogens is 2. The topological polar surface area (TPSA) is 96.0 Å². The Morgan fingerprint density at radius 1 is 1.14 bits per heavy atom. The molecule has 0 aromatic heterocycles. The molecular formula is C26H35ClFN3O5S. The third-order valence-corrected chi connectivity index (χ3v) is 7.15. The molecule has 1 atom stereocenters. The summed E-state index contributed by atoms with van der Waals surface area (Å²) in [6.45, 7) is 5.64. The van der Waals surface area contributed by atoms with Gasteiger partial charge in [0.1, 0.15) is 17.6 Å². The minimum absolute atomic E-state index is 0.00254. The summed E-state index contributed by atoms with van der Waals surface area (Å²) in [6.07, 6.45) is 1.67. The fourth-order valence-electron chi connectivity index (χ4n) is 3.90. The molecule has 2 aromatic rings. The molecule has 2 rings (SSSR count). The fraction of sp³-hybridized carbons (Fsp3) is 0.462. The number of hydrogen-bond acceptors (Lipinski definition) is 5. The third kappa shape index (κ3) is 8.89. The Bertz CT molecular complexity index is 1180. The third-order valence-electron chi connectivity index (χ3n) is 5.66. The van der Waals surface area contributed by atoms with Crippen molar-refractivity contribution in [1.82, 2.24) is 10.2 Å². The highest BCUT2D eigenvalue weighted by Crippen LogP contribution is 2.30. The Hall–Kier alpha value is -2.85. The first-order valence-corrected chi connectivity index (χ1v) is 14.3. The maximum Gasteiger partial charge on any atom is 0.243 e. The molecule has 0 aliphatic carbocycles. The molecule has 0 radical (unpaired) electrons. The van der Waals surface area contributed by atoms with Crippen LogP contribution in [0.3, 0.4) is 0 Å². The van der Waals surface area contributed by atoms with E-state index >= 15 is 0 Å². The molecule has 8 nitrogen and oxygen atoms in total. The van der Waals surface area contributed by atoms with Crippen LogP contribution >= 0.6 is 11.6 Å². The molecule has 0 aliphatic rings. The lowest BCUT2D eigenvalue weighted by atomic mass is 10.1. The number of amides is 2. The lowest BCUT2D eigenvalue weighted by Crippen LogP contribution is -2.50. The van der Waals surface area contributed by atoms with E-state index < -0.39 is 21.9 Å². The zero-order valence-electron chi connectivity index (χ0n) is 21.8. The summed E-state index contributed by atoms with van der Waals surface area (Å²) in [5.74, 6) is -0.573. The highest BCUT2D eigenvalue weighted by molar-refractivity contribution is 7.92. The zero-order chi connectivity index (χ0) is 27.8. The van der Waals surface area contributed by atoms with Gasteiger partial charge in [-0.15, -0.1) is 0 Å². The van der Waals surface area contributed by atoms with Crippen molar-refractivity contribution >= 4 is 39.1 Å². The van der Waals surface area contributed by atoms with Crippen LogP contribution in [-0.4, -0.2) is 57.1 Å². The second-order valence-corrected chi connectivity index (χ2v) is 11.3. The molecule has 0 unspecified atom stereocenters. The van der Waals surface area contributed by atoms with Gasteiger partial charge in [0.15, 0.2) is 0 Å². The summed E-state index contributed by atoms with van der Waals surface area (Å²) in [5.41, 5.74) is 1.03. The van der Waals surface area contributed by atoms with Gasteiger partial charge in [0.25, 0.3) is 0 Å². The van der Waals surface area contributed by atoms with Crippen LogP contribution in [-0.2, 0) is 26.2 Å². The van der Waals surface area contributed by atoms with E-state index in [0.717, 1.165) is 6.26 Å². The number of methoxy groups -OCH3 is 1. The minimum atomic E-state index is -3.66. The van der Waals surface area contributed by atoms with Crippen molar-refractivity contribution in [2.24, 2.45) is 0 Å². The summed E-state index contributed by atoms with van der Waals surface area (Å²) in [7, 11) is -2.20. The average molecular weight is 556 g/mol. The summed E-state index contributed by atoms with van der Waals surface area (Å²) >= 11 is 6.18. The van der Waals surface area contributed by atoms with E-state index in [2.05, 4.69) is 5.32 Å². The zero-order valence-corrected chi connectivity index (χ0v) is 23.4. The highest BCUT2D eigenvalue weighted by atomic mass is 35.5. The maximum atomic E-state index is 13.4. The number of sulfonamides is 1. The molecule has 2 aromatic carbocycles. The summed E-state index contributed by atoms with van der Waals surface area (Å²) in [6, 6.07) is 9.56. The van der Waals surface area contributed by atoms with Gasteiger partial charge in [-0.2, -0.15) is 0 Å². The van der Waals surface area contributed by atoms with Gasteiger partial charge < -0.3 is 15.0 Å². The number of hydrogen-bond donors (Lipinski definition) is 1. The molecule has 11 heteroatoms.